The first-order valence-electron chi connectivity index (χ1n) is 8.71. The molecule has 24 heavy (non-hydrogen) atoms. The van der Waals surface area contributed by atoms with Crippen molar-refractivity contribution in [3.8, 4) is 0 Å². The van der Waals surface area contributed by atoms with Crippen LogP contribution >= 0.6 is 0 Å². The lowest BCUT2D eigenvalue weighted by Crippen LogP contribution is -2.46. The molecule has 2 aliphatic heterocycles. The first-order chi connectivity index (χ1) is 11.6. The number of carbonyl (C=O) groups excluding carboxylic acids is 1. The number of hydrogen-bond acceptors (Lipinski definition) is 5. The van der Waals surface area contributed by atoms with Crippen LogP contribution in [-0.2, 0) is 18.3 Å². The van der Waals surface area contributed by atoms with Gasteiger partial charge in [-0.15, -0.1) is 5.10 Å². The van der Waals surface area contributed by atoms with Crippen molar-refractivity contribution in [1.82, 2.24) is 29.7 Å². The molecule has 8 nitrogen and oxygen atoms in total. The van der Waals surface area contributed by atoms with Crippen LogP contribution in [0.3, 0.4) is 0 Å². The molecule has 0 unspecified atom stereocenters. The standard InChI is InChI=1S/C16H28N6O2/c1-19(2)8-9-24-12-13-10-22(16(23)21-6-4-5-7-21)11-14-15(13)20(3)18-17-14/h13H,4-12H2,1-3H3/t13-/m0/s1. The van der Waals surface area contributed by atoms with Crippen molar-refractivity contribution in [1.29, 1.82) is 0 Å². The summed E-state index contributed by atoms with van der Waals surface area (Å²) < 4.78 is 7.68. The number of carbonyl (C=O) groups is 1. The molecule has 1 aromatic heterocycles. The van der Waals surface area contributed by atoms with Crippen LogP contribution in [0.2, 0.25) is 0 Å². The van der Waals surface area contributed by atoms with E-state index < -0.39 is 0 Å². The monoisotopic (exact) mass is 336 g/mol. The van der Waals surface area contributed by atoms with Crippen LogP contribution in [0.25, 0.3) is 0 Å². The Morgan fingerprint density at radius 3 is 2.75 bits per heavy atom. The normalized spacial score (nSPS) is 20.8. The number of nitrogens with zero attached hydrogens (tertiary/aromatic N) is 6. The van der Waals surface area contributed by atoms with E-state index in [1.807, 2.05) is 35.6 Å². The molecule has 2 aliphatic rings. The molecule has 0 spiro atoms. The van der Waals surface area contributed by atoms with Gasteiger partial charge in [0.25, 0.3) is 0 Å². The lowest BCUT2D eigenvalue weighted by molar-refractivity contribution is 0.0853. The number of likely N-dealkylation sites (tertiary alicyclic amines) is 1. The Morgan fingerprint density at radius 2 is 2.04 bits per heavy atom. The third kappa shape index (κ3) is 3.70. The fourth-order valence-electron chi connectivity index (χ4n) is 3.48. The van der Waals surface area contributed by atoms with Crippen molar-refractivity contribution >= 4 is 6.03 Å². The molecule has 0 N–H and O–H groups in total. The second kappa shape index (κ2) is 7.48. The topological polar surface area (TPSA) is 66.7 Å². The first-order valence-corrected chi connectivity index (χ1v) is 8.71. The average molecular weight is 336 g/mol. The van der Waals surface area contributed by atoms with E-state index in [-0.39, 0.29) is 11.9 Å². The van der Waals surface area contributed by atoms with Crippen molar-refractivity contribution in [2.24, 2.45) is 7.05 Å². The van der Waals surface area contributed by atoms with Crippen LogP contribution in [0.4, 0.5) is 4.79 Å². The molecular formula is C16H28N6O2. The number of fused-ring (bicyclic) bond motifs is 1. The fraction of sp³-hybridized carbons (Fsp3) is 0.812. The average Bonchev–Trinajstić information content (AvgIpc) is 3.21. The van der Waals surface area contributed by atoms with Crippen LogP contribution in [0.1, 0.15) is 30.1 Å². The maximum absolute atomic E-state index is 12.7. The van der Waals surface area contributed by atoms with Gasteiger partial charge in [-0.2, -0.15) is 0 Å². The Hall–Kier alpha value is -1.67. The van der Waals surface area contributed by atoms with Gasteiger partial charge in [0.1, 0.15) is 5.69 Å². The van der Waals surface area contributed by atoms with Crippen LogP contribution in [-0.4, -0.2) is 89.2 Å². The summed E-state index contributed by atoms with van der Waals surface area (Å²) in [5.74, 6) is 0.127. The molecular weight excluding hydrogens is 308 g/mol. The Morgan fingerprint density at radius 1 is 1.29 bits per heavy atom. The first kappa shape index (κ1) is 17.2. The van der Waals surface area contributed by atoms with Crippen LogP contribution in [0, 0.1) is 0 Å². The number of amides is 2. The van der Waals surface area contributed by atoms with Gasteiger partial charge in [-0.25, -0.2) is 4.79 Å². The van der Waals surface area contributed by atoms with Crippen molar-refractivity contribution in [2.45, 2.75) is 25.3 Å². The summed E-state index contributed by atoms with van der Waals surface area (Å²) in [6, 6.07) is 0.127. The van der Waals surface area contributed by atoms with Crippen molar-refractivity contribution in [3.63, 3.8) is 0 Å². The minimum absolute atomic E-state index is 0.127. The molecule has 0 bridgehead atoms. The predicted octanol–water partition coefficient (Wildman–Crippen LogP) is 0.508. The highest BCUT2D eigenvalue weighted by molar-refractivity contribution is 5.75. The van der Waals surface area contributed by atoms with Gasteiger partial charge < -0.3 is 19.4 Å². The minimum Gasteiger partial charge on any atom is -0.379 e. The van der Waals surface area contributed by atoms with Gasteiger partial charge in [0.05, 0.1) is 25.5 Å². The van der Waals surface area contributed by atoms with Crippen LogP contribution in [0.15, 0.2) is 0 Å². The number of aromatic nitrogens is 3. The molecule has 1 aromatic rings. The highest BCUT2D eigenvalue weighted by Gasteiger charge is 2.34. The predicted molar refractivity (Wildman–Crippen MR) is 89.7 cm³/mol. The summed E-state index contributed by atoms with van der Waals surface area (Å²) in [6.07, 6.45) is 2.21. The van der Waals surface area contributed by atoms with E-state index in [4.69, 9.17) is 4.74 Å². The zero-order valence-electron chi connectivity index (χ0n) is 14.9. The minimum atomic E-state index is 0.127. The molecule has 1 atom stereocenters. The third-order valence-corrected chi connectivity index (χ3v) is 4.76. The molecule has 0 aliphatic carbocycles. The van der Waals surface area contributed by atoms with Crippen LogP contribution in [0.5, 0.6) is 0 Å². The van der Waals surface area contributed by atoms with E-state index in [0.717, 1.165) is 43.9 Å². The van der Waals surface area contributed by atoms with E-state index in [1.54, 1.807) is 0 Å². The Balaban J connectivity index is 1.67. The molecule has 134 valence electrons. The maximum atomic E-state index is 12.7. The third-order valence-electron chi connectivity index (χ3n) is 4.76. The van der Waals surface area contributed by atoms with Crippen molar-refractivity contribution in [3.05, 3.63) is 11.4 Å². The number of rotatable bonds is 5. The van der Waals surface area contributed by atoms with Gasteiger partial charge in [0.2, 0.25) is 0 Å². The fourth-order valence-corrected chi connectivity index (χ4v) is 3.48. The lowest BCUT2D eigenvalue weighted by Gasteiger charge is -2.34. The van der Waals surface area contributed by atoms with E-state index >= 15 is 0 Å². The summed E-state index contributed by atoms with van der Waals surface area (Å²) in [6.45, 7) is 5.12. The second-order valence-electron chi connectivity index (χ2n) is 6.98. The summed E-state index contributed by atoms with van der Waals surface area (Å²) in [5.41, 5.74) is 2.00. The molecule has 1 fully saturated rings. The number of ether oxygens (including phenoxy) is 1. The Kier molecular flexibility index (Phi) is 5.35. The van der Waals surface area contributed by atoms with Gasteiger partial charge in [-0.3, -0.25) is 4.68 Å². The van der Waals surface area contributed by atoms with Crippen molar-refractivity contribution < 1.29 is 9.53 Å². The smallest absolute Gasteiger partial charge is 0.320 e. The second-order valence-corrected chi connectivity index (χ2v) is 6.98. The largest absolute Gasteiger partial charge is 0.379 e. The van der Waals surface area contributed by atoms with E-state index in [9.17, 15) is 4.79 Å². The van der Waals surface area contributed by atoms with E-state index in [0.29, 0.717) is 26.3 Å². The lowest BCUT2D eigenvalue weighted by atomic mass is 9.99. The van der Waals surface area contributed by atoms with Gasteiger partial charge in [-0.05, 0) is 26.9 Å². The molecule has 3 heterocycles. The molecule has 0 saturated carbocycles. The van der Waals surface area contributed by atoms with E-state index in [2.05, 4.69) is 15.2 Å². The summed E-state index contributed by atoms with van der Waals surface area (Å²) in [4.78, 5) is 18.7. The number of hydrogen-bond donors (Lipinski definition) is 0. The van der Waals surface area contributed by atoms with Gasteiger partial charge in [0.15, 0.2) is 0 Å². The number of likely N-dealkylation sites (N-methyl/N-ethyl adjacent to an activating group) is 1. The van der Waals surface area contributed by atoms with Gasteiger partial charge in [0, 0.05) is 39.1 Å². The summed E-state index contributed by atoms with van der Waals surface area (Å²) in [7, 11) is 5.98. The SMILES string of the molecule is CN(C)CCOC[C@@H]1CN(C(=O)N2CCCC2)Cc2nnn(C)c21. The number of aryl methyl sites for hydroxylation is 1. The van der Waals surface area contributed by atoms with Gasteiger partial charge in [-0.1, -0.05) is 5.21 Å². The summed E-state index contributed by atoms with van der Waals surface area (Å²) in [5, 5.41) is 8.41. The zero-order chi connectivity index (χ0) is 17.1. The molecule has 3 rings (SSSR count). The quantitative estimate of drug-likeness (QED) is 0.733. The molecule has 0 aromatic carbocycles. The van der Waals surface area contributed by atoms with Gasteiger partial charge >= 0.3 is 6.03 Å². The molecule has 1 saturated heterocycles. The molecule has 0 radical (unpaired) electrons. The maximum Gasteiger partial charge on any atom is 0.320 e. The zero-order valence-corrected chi connectivity index (χ0v) is 14.9. The van der Waals surface area contributed by atoms with Crippen molar-refractivity contribution in [2.75, 3.05) is 53.5 Å². The Bertz CT molecular complexity index is 567. The van der Waals surface area contributed by atoms with Crippen LogP contribution < -0.4 is 0 Å². The molecule has 2 amide bonds. The Labute approximate surface area is 143 Å². The summed E-state index contributed by atoms with van der Waals surface area (Å²) >= 11 is 0. The van der Waals surface area contributed by atoms with E-state index in [1.165, 1.54) is 0 Å². The highest BCUT2D eigenvalue weighted by Crippen LogP contribution is 2.28. The highest BCUT2D eigenvalue weighted by atomic mass is 16.5. The molecule has 8 heteroatoms. The number of urea groups is 1.